The van der Waals surface area contributed by atoms with E-state index in [9.17, 15) is 22.4 Å². The average Bonchev–Trinajstić information content (AvgIpc) is 3.43. The number of hydrogen-bond donors (Lipinski definition) is 2. The van der Waals surface area contributed by atoms with Crippen molar-refractivity contribution in [3.05, 3.63) is 54.1 Å². The summed E-state index contributed by atoms with van der Waals surface area (Å²) in [4.78, 5) is 18.4. The van der Waals surface area contributed by atoms with Crippen LogP contribution in [0.2, 0.25) is 0 Å². The van der Waals surface area contributed by atoms with Crippen molar-refractivity contribution in [2.75, 3.05) is 30.1 Å². The zero-order valence-electron chi connectivity index (χ0n) is 15.7. The number of aromatic amines is 1. The van der Waals surface area contributed by atoms with Crippen molar-refractivity contribution < 1.29 is 27.1 Å². The molecule has 2 aromatic heterocycles. The first kappa shape index (κ1) is 21.1. The van der Waals surface area contributed by atoms with Gasteiger partial charge in [-0.1, -0.05) is 0 Å². The fourth-order valence-electron chi connectivity index (χ4n) is 3.01. The van der Waals surface area contributed by atoms with Crippen LogP contribution < -0.4 is 10.2 Å². The maximum atomic E-state index is 14.0. The summed E-state index contributed by atoms with van der Waals surface area (Å²) in [6.07, 6.45) is 2.93. The quantitative estimate of drug-likeness (QED) is 0.444. The lowest BCUT2D eigenvalue weighted by Crippen LogP contribution is -2.21. The Hall–Kier alpha value is -3.12. The largest absolute Gasteiger partial charge is 0.446 e. The summed E-state index contributed by atoms with van der Waals surface area (Å²) in [5.41, 5.74) is -3.14. The van der Waals surface area contributed by atoms with E-state index in [-0.39, 0.29) is 11.3 Å². The Bertz CT molecular complexity index is 1090. The van der Waals surface area contributed by atoms with Gasteiger partial charge in [-0.05, 0) is 42.1 Å². The lowest BCUT2D eigenvalue weighted by Gasteiger charge is -2.18. The van der Waals surface area contributed by atoms with Crippen LogP contribution in [0.4, 0.5) is 29.1 Å². The number of pyridine rings is 1. The molecule has 0 bridgehead atoms. The van der Waals surface area contributed by atoms with Crippen molar-refractivity contribution in [3.63, 3.8) is 0 Å². The number of nitrogens with one attached hydrogen (secondary N) is 2. The Labute approximate surface area is 177 Å². The molecule has 1 aliphatic heterocycles. The topological polar surface area (TPSA) is 83.1 Å². The molecule has 4 rings (SSSR count). The van der Waals surface area contributed by atoms with Gasteiger partial charge in [0.1, 0.15) is 18.4 Å². The number of amides is 1. The molecule has 0 saturated carbocycles. The van der Waals surface area contributed by atoms with Gasteiger partial charge < -0.3 is 15.0 Å². The van der Waals surface area contributed by atoms with Gasteiger partial charge in [-0.2, -0.15) is 18.3 Å². The number of carbonyl (C=O) groups is 1. The Morgan fingerprint density at radius 2 is 2.10 bits per heavy atom. The fourth-order valence-corrected chi connectivity index (χ4v) is 3.55. The zero-order valence-corrected chi connectivity index (χ0v) is 16.6. The predicted molar refractivity (Wildman–Crippen MR) is 106 cm³/mol. The number of H-pyrrole nitrogens is 1. The number of aromatic nitrogens is 3. The molecule has 0 spiro atoms. The summed E-state index contributed by atoms with van der Waals surface area (Å²) >= 11 is -0.557. The third-order valence-electron chi connectivity index (χ3n) is 4.39. The van der Waals surface area contributed by atoms with Crippen molar-refractivity contribution in [3.8, 4) is 11.3 Å². The van der Waals surface area contributed by atoms with Gasteiger partial charge in [-0.3, -0.25) is 9.89 Å². The van der Waals surface area contributed by atoms with Crippen molar-refractivity contribution in [2.24, 2.45) is 0 Å². The summed E-state index contributed by atoms with van der Waals surface area (Å²) in [6, 6.07) is 6.34. The molecule has 0 unspecified atom stereocenters. The van der Waals surface area contributed by atoms with Crippen LogP contribution in [0, 0.1) is 5.82 Å². The van der Waals surface area contributed by atoms with Crippen LogP contribution in [0.5, 0.6) is 0 Å². The van der Waals surface area contributed by atoms with E-state index >= 15 is 0 Å². The number of carbonyl (C=O) groups excluding carboxylic acids is 1. The summed E-state index contributed by atoms with van der Waals surface area (Å²) in [7, 11) is 0. The van der Waals surface area contributed by atoms with E-state index in [0.717, 1.165) is 12.1 Å². The highest BCUT2D eigenvalue weighted by Crippen LogP contribution is 2.38. The van der Waals surface area contributed by atoms with E-state index < -0.39 is 33.9 Å². The van der Waals surface area contributed by atoms with Gasteiger partial charge in [0.05, 0.1) is 22.8 Å². The lowest BCUT2D eigenvalue weighted by atomic mass is 10.1. The van der Waals surface area contributed by atoms with E-state index in [1.807, 2.05) is 4.90 Å². The number of hydrogen-bond acceptors (Lipinski definition) is 6. The predicted octanol–water partition coefficient (Wildman–Crippen LogP) is 4.27. The average molecular weight is 453 g/mol. The minimum absolute atomic E-state index is 0.0223. The van der Waals surface area contributed by atoms with Gasteiger partial charge in [0, 0.05) is 30.2 Å². The summed E-state index contributed by atoms with van der Waals surface area (Å²) in [5.74, 6) is -1.06. The molecular weight excluding hydrogens is 438 g/mol. The molecule has 1 aliphatic rings. The third kappa shape index (κ3) is 4.97. The second-order valence-electron chi connectivity index (χ2n) is 6.51. The highest BCUT2D eigenvalue weighted by Gasteiger charge is 2.30. The van der Waals surface area contributed by atoms with Crippen molar-refractivity contribution in [1.82, 2.24) is 15.2 Å². The van der Waals surface area contributed by atoms with Crippen LogP contribution in [-0.2, 0) is 4.74 Å². The first-order chi connectivity index (χ1) is 14.8. The van der Waals surface area contributed by atoms with E-state index in [0.29, 0.717) is 37.0 Å². The zero-order chi connectivity index (χ0) is 22.0. The number of thioether (sulfide) groups is 1. The lowest BCUT2D eigenvalue weighted by molar-refractivity contribution is -0.0329. The van der Waals surface area contributed by atoms with Crippen LogP contribution >= 0.6 is 11.8 Å². The highest BCUT2D eigenvalue weighted by atomic mass is 32.2. The summed E-state index contributed by atoms with van der Waals surface area (Å²) in [5, 5.41) is 9.23. The molecule has 1 amide bonds. The molecule has 0 atom stereocenters. The molecule has 1 saturated heterocycles. The number of halogens is 4. The minimum atomic E-state index is -4.61. The molecule has 162 valence electrons. The smallest absolute Gasteiger partial charge is 0.359 e. The van der Waals surface area contributed by atoms with E-state index in [1.54, 1.807) is 18.3 Å². The maximum Gasteiger partial charge on any atom is 0.446 e. The molecule has 31 heavy (non-hydrogen) atoms. The first-order valence-electron chi connectivity index (χ1n) is 8.99. The molecule has 2 N–H and O–H groups in total. The first-order valence-corrected chi connectivity index (χ1v) is 9.81. The van der Waals surface area contributed by atoms with E-state index in [1.165, 1.54) is 12.3 Å². The van der Waals surface area contributed by atoms with Gasteiger partial charge in [-0.15, -0.1) is 0 Å². The number of ether oxygens (including phenoxy) is 1. The van der Waals surface area contributed by atoms with Crippen LogP contribution in [-0.4, -0.2) is 46.5 Å². The van der Waals surface area contributed by atoms with E-state index in [4.69, 9.17) is 4.74 Å². The van der Waals surface area contributed by atoms with Crippen LogP contribution in [0.25, 0.3) is 11.3 Å². The second-order valence-corrected chi connectivity index (χ2v) is 7.62. The van der Waals surface area contributed by atoms with Crippen LogP contribution in [0.15, 0.2) is 47.6 Å². The Kier molecular flexibility index (Phi) is 5.83. The Morgan fingerprint density at radius 3 is 2.74 bits per heavy atom. The SMILES string of the molecule is O=C(Nc1ccc(SC(F)(F)F)c(F)c1)c1cnc(N2CCOC2)c(-c2ccn[nH]2)c1. The van der Waals surface area contributed by atoms with Gasteiger partial charge in [0.2, 0.25) is 0 Å². The van der Waals surface area contributed by atoms with Crippen molar-refractivity contribution in [1.29, 1.82) is 0 Å². The molecule has 3 heterocycles. The second kappa shape index (κ2) is 8.55. The minimum Gasteiger partial charge on any atom is -0.359 e. The standard InChI is InChI=1S/C19H15F4N5O2S/c20-14-8-12(1-2-16(14)31-19(21,22)23)26-18(29)11-7-13(15-3-4-25-27-15)17(24-9-11)28-5-6-30-10-28/h1-4,7-9H,5-6,10H2,(H,25,27)(H,26,29). The normalized spacial score (nSPS) is 14.1. The Morgan fingerprint density at radius 1 is 1.26 bits per heavy atom. The summed E-state index contributed by atoms with van der Waals surface area (Å²) < 4.78 is 56.7. The molecule has 0 aliphatic carbocycles. The molecule has 7 nitrogen and oxygen atoms in total. The maximum absolute atomic E-state index is 14.0. The molecular formula is C19H15F4N5O2S. The molecule has 0 radical (unpaired) electrons. The van der Waals surface area contributed by atoms with Gasteiger partial charge in [0.25, 0.3) is 5.91 Å². The van der Waals surface area contributed by atoms with Crippen molar-refractivity contribution in [2.45, 2.75) is 10.4 Å². The van der Waals surface area contributed by atoms with Crippen LogP contribution in [0.1, 0.15) is 10.4 Å². The number of rotatable bonds is 5. The monoisotopic (exact) mass is 453 g/mol. The summed E-state index contributed by atoms with van der Waals surface area (Å²) in [6.45, 7) is 1.56. The molecule has 3 aromatic rings. The molecule has 12 heteroatoms. The molecule has 1 aromatic carbocycles. The van der Waals surface area contributed by atoms with Gasteiger partial charge in [-0.25, -0.2) is 9.37 Å². The number of alkyl halides is 3. The highest BCUT2D eigenvalue weighted by molar-refractivity contribution is 8.00. The molecule has 1 fully saturated rings. The van der Waals surface area contributed by atoms with Crippen molar-refractivity contribution >= 4 is 29.2 Å². The number of anilines is 2. The van der Waals surface area contributed by atoms with Gasteiger partial charge >= 0.3 is 5.51 Å². The third-order valence-corrected chi connectivity index (χ3v) is 5.17. The van der Waals surface area contributed by atoms with E-state index in [2.05, 4.69) is 20.5 Å². The number of benzene rings is 1. The van der Waals surface area contributed by atoms with Crippen LogP contribution in [0.3, 0.4) is 0 Å². The fraction of sp³-hybridized carbons (Fsp3) is 0.211. The Balaban J connectivity index is 1.57. The van der Waals surface area contributed by atoms with Gasteiger partial charge in [0.15, 0.2) is 0 Å². The number of nitrogens with zero attached hydrogens (tertiary/aromatic N) is 3.